The average molecular weight is 336 g/mol. The molecule has 0 radical (unpaired) electrons. The Morgan fingerprint density at radius 3 is 2.87 bits per heavy atom. The normalized spacial score (nSPS) is 14.7. The Morgan fingerprint density at radius 1 is 1.35 bits per heavy atom. The average Bonchev–Trinajstić information content (AvgIpc) is 3.38. The van der Waals surface area contributed by atoms with E-state index in [-0.39, 0.29) is 0 Å². The summed E-state index contributed by atoms with van der Waals surface area (Å²) in [5.41, 5.74) is 2.42. The SMILES string of the molecule is CN=C(NCCCSC)NCc1ccc(C)cc1OCC1CC1. The summed E-state index contributed by atoms with van der Waals surface area (Å²) in [5.74, 6) is 3.78. The van der Waals surface area contributed by atoms with Gasteiger partial charge in [-0.3, -0.25) is 4.99 Å². The van der Waals surface area contributed by atoms with Gasteiger partial charge < -0.3 is 15.4 Å². The Balaban J connectivity index is 1.84. The molecule has 0 heterocycles. The minimum absolute atomic E-state index is 0.725. The van der Waals surface area contributed by atoms with Gasteiger partial charge in [0.2, 0.25) is 0 Å². The van der Waals surface area contributed by atoms with Crippen LogP contribution in [-0.2, 0) is 6.54 Å². The van der Waals surface area contributed by atoms with Gasteiger partial charge >= 0.3 is 0 Å². The van der Waals surface area contributed by atoms with E-state index in [1.165, 1.54) is 29.7 Å². The number of aliphatic imine (C=N–C) groups is 1. The second kappa shape index (κ2) is 9.71. The fourth-order valence-electron chi connectivity index (χ4n) is 2.26. The molecule has 2 N–H and O–H groups in total. The summed E-state index contributed by atoms with van der Waals surface area (Å²) in [4.78, 5) is 4.28. The summed E-state index contributed by atoms with van der Waals surface area (Å²) in [6.45, 7) is 4.62. The van der Waals surface area contributed by atoms with Gasteiger partial charge in [0.1, 0.15) is 5.75 Å². The molecule has 0 atom stereocenters. The Labute approximate surface area is 144 Å². The van der Waals surface area contributed by atoms with Gasteiger partial charge in [-0.05, 0) is 55.7 Å². The van der Waals surface area contributed by atoms with Crippen molar-refractivity contribution in [3.63, 3.8) is 0 Å². The van der Waals surface area contributed by atoms with Crippen molar-refractivity contribution in [2.24, 2.45) is 10.9 Å². The first-order valence-corrected chi connectivity index (χ1v) is 9.78. The molecule has 1 fully saturated rings. The number of rotatable bonds is 9. The van der Waals surface area contributed by atoms with Gasteiger partial charge in [-0.25, -0.2) is 0 Å². The minimum atomic E-state index is 0.725. The van der Waals surface area contributed by atoms with Crippen LogP contribution in [0.2, 0.25) is 0 Å². The van der Waals surface area contributed by atoms with Crippen LogP contribution in [0.15, 0.2) is 23.2 Å². The highest BCUT2D eigenvalue weighted by molar-refractivity contribution is 7.98. The van der Waals surface area contributed by atoms with Crippen LogP contribution >= 0.6 is 11.8 Å². The molecule has 1 aromatic rings. The van der Waals surface area contributed by atoms with E-state index in [0.29, 0.717) is 0 Å². The molecule has 0 aromatic heterocycles. The number of nitrogens with one attached hydrogen (secondary N) is 2. The lowest BCUT2D eigenvalue weighted by atomic mass is 10.1. The largest absolute Gasteiger partial charge is 0.493 e. The molecule has 1 aliphatic rings. The van der Waals surface area contributed by atoms with Crippen LogP contribution in [0.25, 0.3) is 0 Å². The second-order valence-corrected chi connectivity index (χ2v) is 7.05. The zero-order chi connectivity index (χ0) is 16.5. The summed E-state index contributed by atoms with van der Waals surface area (Å²) in [5, 5.41) is 6.73. The molecule has 0 aliphatic heterocycles. The van der Waals surface area contributed by atoms with Gasteiger partial charge in [0.15, 0.2) is 5.96 Å². The van der Waals surface area contributed by atoms with E-state index >= 15 is 0 Å². The number of aryl methyl sites for hydroxylation is 1. The predicted molar refractivity (Wildman–Crippen MR) is 101 cm³/mol. The Hall–Kier alpha value is -1.36. The van der Waals surface area contributed by atoms with Crippen molar-refractivity contribution in [3.05, 3.63) is 29.3 Å². The lowest BCUT2D eigenvalue weighted by molar-refractivity contribution is 0.296. The molecule has 1 aromatic carbocycles. The minimum Gasteiger partial charge on any atom is -0.493 e. The Kier molecular flexibility index (Phi) is 7.59. The van der Waals surface area contributed by atoms with E-state index in [1.807, 2.05) is 18.8 Å². The monoisotopic (exact) mass is 335 g/mol. The van der Waals surface area contributed by atoms with Crippen LogP contribution in [-0.4, -0.2) is 38.2 Å². The van der Waals surface area contributed by atoms with E-state index in [0.717, 1.165) is 43.7 Å². The lowest BCUT2D eigenvalue weighted by Crippen LogP contribution is -2.37. The molecule has 0 amide bonds. The van der Waals surface area contributed by atoms with Gasteiger partial charge in [-0.2, -0.15) is 11.8 Å². The Bertz CT molecular complexity index is 515. The van der Waals surface area contributed by atoms with Crippen molar-refractivity contribution in [3.8, 4) is 5.75 Å². The van der Waals surface area contributed by atoms with E-state index < -0.39 is 0 Å². The van der Waals surface area contributed by atoms with Gasteiger partial charge in [0, 0.05) is 25.7 Å². The van der Waals surface area contributed by atoms with E-state index in [9.17, 15) is 0 Å². The zero-order valence-electron chi connectivity index (χ0n) is 14.5. The number of benzene rings is 1. The fourth-order valence-corrected chi connectivity index (χ4v) is 2.69. The molecule has 5 heteroatoms. The molecular weight excluding hydrogens is 306 g/mol. The standard InChI is InChI=1S/C18H29N3OS/c1-14-5-8-16(17(11-14)22-13-15-6-7-15)12-21-18(19-2)20-9-4-10-23-3/h5,8,11,15H,4,6-7,9-10,12-13H2,1-3H3,(H2,19,20,21). The van der Waals surface area contributed by atoms with Crippen molar-refractivity contribution in [1.29, 1.82) is 0 Å². The van der Waals surface area contributed by atoms with Gasteiger partial charge in [-0.15, -0.1) is 0 Å². The first-order chi connectivity index (χ1) is 11.2. The van der Waals surface area contributed by atoms with Crippen molar-refractivity contribution < 1.29 is 4.74 Å². The molecule has 4 nitrogen and oxygen atoms in total. The third-order valence-electron chi connectivity index (χ3n) is 3.88. The number of hydrogen-bond acceptors (Lipinski definition) is 3. The molecule has 0 unspecified atom stereocenters. The molecule has 0 spiro atoms. The smallest absolute Gasteiger partial charge is 0.191 e. The van der Waals surface area contributed by atoms with Gasteiger partial charge in [0.25, 0.3) is 0 Å². The summed E-state index contributed by atoms with van der Waals surface area (Å²) >= 11 is 1.87. The molecule has 128 valence electrons. The molecular formula is C18H29N3OS. The third kappa shape index (κ3) is 6.73. The summed E-state index contributed by atoms with van der Waals surface area (Å²) in [6, 6.07) is 6.41. The molecule has 1 aliphatic carbocycles. The van der Waals surface area contributed by atoms with Crippen molar-refractivity contribution in [2.75, 3.05) is 32.2 Å². The van der Waals surface area contributed by atoms with Crippen molar-refractivity contribution in [2.45, 2.75) is 32.7 Å². The number of guanidine groups is 1. The molecule has 1 saturated carbocycles. The molecule has 23 heavy (non-hydrogen) atoms. The lowest BCUT2D eigenvalue weighted by Gasteiger charge is -2.15. The van der Waals surface area contributed by atoms with Crippen LogP contribution in [0.1, 0.15) is 30.4 Å². The summed E-state index contributed by atoms with van der Waals surface area (Å²) in [6.07, 6.45) is 5.90. The predicted octanol–water partition coefficient (Wildman–Crippen LogP) is 3.20. The van der Waals surface area contributed by atoms with Gasteiger partial charge in [-0.1, -0.05) is 12.1 Å². The van der Waals surface area contributed by atoms with Crippen LogP contribution in [0.5, 0.6) is 5.75 Å². The molecule has 2 rings (SSSR count). The van der Waals surface area contributed by atoms with Crippen molar-refractivity contribution in [1.82, 2.24) is 10.6 Å². The van der Waals surface area contributed by atoms with Crippen LogP contribution in [0, 0.1) is 12.8 Å². The first-order valence-electron chi connectivity index (χ1n) is 8.38. The van der Waals surface area contributed by atoms with E-state index in [1.54, 1.807) is 0 Å². The van der Waals surface area contributed by atoms with Crippen LogP contribution in [0.4, 0.5) is 0 Å². The highest BCUT2D eigenvalue weighted by Crippen LogP contribution is 2.30. The maximum Gasteiger partial charge on any atom is 0.191 e. The highest BCUT2D eigenvalue weighted by atomic mass is 32.2. The van der Waals surface area contributed by atoms with E-state index in [2.05, 4.69) is 47.0 Å². The fraction of sp³-hybridized carbons (Fsp3) is 0.611. The van der Waals surface area contributed by atoms with Crippen molar-refractivity contribution >= 4 is 17.7 Å². The molecule has 0 bridgehead atoms. The molecule has 0 saturated heterocycles. The summed E-state index contributed by atoms with van der Waals surface area (Å²) < 4.78 is 6.02. The topological polar surface area (TPSA) is 45.7 Å². The van der Waals surface area contributed by atoms with Gasteiger partial charge in [0.05, 0.1) is 6.61 Å². The first kappa shape index (κ1) is 18.0. The number of thioether (sulfide) groups is 1. The van der Waals surface area contributed by atoms with Crippen LogP contribution in [0.3, 0.4) is 0 Å². The summed E-state index contributed by atoms with van der Waals surface area (Å²) in [7, 11) is 1.81. The Morgan fingerprint density at radius 2 is 2.17 bits per heavy atom. The zero-order valence-corrected chi connectivity index (χ0v) is 15.3. The maximum atomic E-state index is 6.02. The third-order valence-corrected chi connectivity index (χ3v) is 4.58. The van der Waals surface area contributed by atoms with Crippen LogP contribution < -0.4 is 15.4 Å². The number of nitrogens with zero attached hydrogens (tertiary/aromatic N) is 1. The number of hydrogen-bond donors (Lipinski definition) is 2. The maximum absolute atomic E-state index is 6.02. The van der Waals surface area contributed by atoms with E-state index in [4.69, 9.17) is 4.74 Å². The quantitative estimate of drug-likeness (QED) is 0.413. The number of ether oxygens (including phenoxy) is 1. The second-order valence-electron chi connectivity index (χ2n) is 6.06. The highest BCUT2D eigenvalue weighted by Gasteiger charge is 2.22.